The van der Waals surface area contributed by atoms with Gasteiger partial charge in [0.25, 0.3) is 0 Å². The second kappa shape index (κ2) is 7.11. The molecule has 3 rings (SSSR count). The summed E-state index contributed by atoms with van der Waals surface area (Å²) in [5.74, 6) is -1.68. The first kappa shape index (κ1) is 20.7. The van der Waals surface area contributed by atoms with Gasteiger partial charge in [-0.3, -0.25) is 0 Å². The van der Waals surface area contributed by atoms with Crippen LogP contribution in [0.5, 0.6) is 0 Å². The fraction of sp³-hybridized carbons (Fsp3) is 0.368. The molecule has 3 nitrogen and oxygen atoms in total. The van der Waals surface area contributed by atoms with E-state index in [1.165, 1.54) is 0 Å². The van der Waals surface area contributed by atoms with Gasteiger partial charge in [-0.2, -0.15) is 13.2 Å². The molecule has 1 fully saturated rings. The Labute approximate surface area is 159 Å². The second-order valence-corrected chi connectivity index (χ2v) is 9.24. The van der Waals surface area contributed by atoms with E-state index in [-0.39, 0.29) is 42.2 Å². The molecule has 0 radical (unpaired) electrons. The van der Waals surface area contributed by atoms with Gasteiger partial charge in [0.1, 0.15) is 16.4 Å². The van der Waals surface area contributed by atoms with Gasteiger partial charge in [0.2, 0.25) is 0 Å². The Kier molecular flexibility index (Phi) is 5.26. The number of sulfone groups is 1. The van der Waals surface area contributed by atoms with Crippen molar-refractivity contribution in [2.24, 2.45) is 5.73 Å². The number of nitrogens with two attached hydrogens (primary N) is 1. The van der Waals surface area contributed by atoms with Gasteiger partial charge in [-0.05, 0) is 68.1 Å². The molecule has 2 N–H and O–H groups in total. The first-order chi connectivity index (χ1) is 13.0. The Bertz CT molecular complexity index is 963. The highest BCUT2D eigenvalue weighted by Gasteiger charge is 2.49. The Morgan fingerprint density at radius 3 is 2.07 bits per heavy atom. The fourth-order valence-corrected chi connectivity index (χ4v) is 5.85. The highest BCUT2D eigenvalue weighted by atomic mass is 32.2. The molecule has 0 saturated heterocycles. The number of hydrogen-bond donors (Lipinski definition) is 1. The van der Waals surface area contributed by atoms with Crippen molar-refractivity contribution in [2.75, 3.05) is 0 Å². The van der Waals surface area contributed by atoms with E-state index in [1.54, 1.807) is 0 Å². The summed E-state index contributed by atoms with van der Waals surface area (Å²) < 4.78 is 91.8. The van der Waals surface area contributed by atoms with E-state index in [9.17, 15) is 30.4 Å². The molecule has 152 valence electrons. The van der Waals surface area contributed by atoms with E-state index in [2.05, 4.69) is 0 Å². The summed E-state index contributed by atoms with van der Waals surface area (Å²) in [6.07, 6.45) is -4.21. The van der Waals surface area contributed by atoms with Crippen LogP contribution in [0.15, 0.2) is 47.4 Å². The predicted octanol–water partition coefficient (Wildman–Crippen LogP) is 4.55. The highest BCUT2D eigenvalue weighted by Crippen LogP contribution is 2.47. The molecule has 2 aromatic rings. The molecule has 0 aromatic heterocycles. The van der Waals surface area contributed by atoms with Crippen LogP contribution >= 0.6 is 0 Å². The fourth-order valence-electron chi connectivity index (χ4n) is 3.68. The van der Waals surface area contributed by atoms with Gasteiger partial charge in [0.05, 0.1) is 10.5 Å². The largest absolute Gasteiger partial charge is 0.416 e. The topological polar surface area (TPSA) is 60.2 Å². The molecule has 0 amide bonds. The molecule has 0 spiro atoms. The molecule has 0 aliphatic heterocycles. The van der Waals surface area contributed by atoms with Gasteiger partial charge in [0.15, 0.2) is 9.84 Å². The molecule has 28 heavy (non-hydrogen) atoms. The maximum absolute atomic E-state index is 14.6. The standard InChI is InChI=1S/C19H18F5NO2S/c20-13-3-6-17(21)16(11-13)18(9-7-14(25)8-10-18)28(26,27)15-4-1-12(2-5-15)19(22,23)24/h1-6,11,14H,7-10,25H2/t14-,18+. The molecule has 2 aromatic carbocycles. The van der Waals surface area contributed by atoms with Crippen LogP contribution in [-0.2, 0) is 20.8 Å². The quantitative estimate of drug-likeness (QED) is 0.743. The van der Waals surface area contributed by atoms with E-state index < -0.39 is 38.0 Å². The van der Waals surface area contributed by atoms with Crippen LogP contribution < -0.4 is 5.73 Å². The Balaban J connectivity index is 2.16. The van der Waals surface area contributed by atoms with Crippen molar-refractivity contribution >= 4 is 9.84 Å². The van der Waals surface area contributed by atoms with E-state index in [4.69, 9.17) is 5.73 Å². The average Bonchev–Trinajstić information content (AvgIpc) is 2.64. The molecule has 0 bridgehead atoms. The lowest BCUT2D eigenvalue weighted by molar-refractivity contribution is -0.137. The maximum atomic E-state index is 14.6. The van der Waals surface area contributed by atoms with Gasteiger partial charge in [-0.1, -0.05) is 0 Å². The average molecular weight is 419 g/mol. The third-order valence-electron chi connectivity index (χ3n) is 5.26. The zero-order valence-electron chi connectivity index (χ0n) is 14.6. The number of benzene rings is 2. The van der Waals surface area contributed by atoms with Gasteiger partial charge >= 0.3 is 6.18 Å². The summed E-state index contributed by atoms with van der Waals surface area (Å²) in [6.45, 7) is 0. The maximum Gasteiger partial charge on any atom is 0.416 e. The monoisotopic (exact) mass is 419 g/mol. The third kappa shape index (κ3) is 3.53. The summed E-state index contributed by atoms with van der Waals surface area (Å²) in [5, 5.41) is 0. The first-order valence-electron chi connectivity index (χ1n) is 8.60. The Morgan fingerprint density at radius 1 is 0.964 bits per heavy atom. The van der Waals surface area contributed by atoms with Crippen LogP contribution in [0.3, 0.4) is 0 Å². The van der Waals surface area contributed by atoms with Crippen LogP contribution in [0.25, 0.3) is 0 Å². The SMILES string of the molecule is N[C@H]1CC[C@@](c2cc(F)ccc2F)(S(=O)(=O)c2ccc(C(F)(F)F)cc2)CC1. The first-order valence-corrected chi connectivity index (χ1v) is 10.1. The normalized spacial score (nSPS) is 23.6. The van der Waals surface area contributed by atoms with Crippen molar-refractivity contribution in [1.29, 1.82) is 0 Å². The molecule has 9 heteroatoms. The Morgan fingerprint density at radius 2 is 1.54 bits per heavy atom. The smallest absolute Gasteiger partial charge is 0.328 e. The van der Waals surface area contributed by atoms with Crippen LogP contribution in [0.4, 0.5) is 22.0 Å². The van der Waals surface area contributed by atoms with E-state index >= 15 is 0 Å². The zero-order chi connectivity index (χ0) is 20.7. The van der Waals surface area contributed by atoms with Crippen LogP contribution in [0.2, 0.25) is 0 Å². The van der Waals surface area contributed by atoms with Gasteiger partial charge in [0, 0.05) is 11.6 Å². The number of alkyl halides is 3. The highest BCUT2D eigenvalue weighted by molar-refractivity contribution is 7.92. The van der Waals surface area contributed by atoms with Crippen molar-refractivity contribution in [3.8, 4) is 0 Å². The van der Waals surface area contributed by atoms with Crippen molar-refractivity contribution in [3.05, 3.63) is 65.2 Å². The molecule has 1 aliphatic rings. The van der Waals surface area contributed by atoms with Crippen LogP contribution in [0.1, 0.15) is 36.8 Å². The summed E-state index contributed by atoms with van der Waals surface area (Å²) in [6, 6.07) is 5.32. The minimum atomic E-state index is -4.62. The number of rotatable bonds is 3. The second-order valence-electron chi connectivity index (χ2n) is 6.98. The minimum absolute atomic E-state index is 0.0576. The van der Waals surface area contributed by atoms with E-state index in [0.29, 0.717) is 12.1 Å². The predicted molar refractivity (Wildman–Crippen MR) is 93.1 cm³/mol. The lowest BCUT2D eigenvalue weighted by Crippen LogP contribution is -2.43. The van der Waals surface area contributed by atoms with Gasteiger partial charge in [-0.25, -0.2) is 17.2 Å². The van der Waals surface area contributed by atoms with E-state index in [1.807, 2.05) is 0 Å². The lowest BCUT2D eigenvalue weighted by Gasteiger charge is -2.39. The van der Waals surface area contributed by atoms with Gasteiger partial charge in [-0.15, -0.1) is 0 Å². The number of hydrogen-bond acceptors (Lipinski definition) is 3. The van der Waals surface area contributed by atoms with Gasteiger partial charge < -0.3 is 5.73 Å². The minimum Gasteiger partial charge on any atom is -0.328 e. The van der Waals surface area contributed by atoms with Crippen molar-refractivity contribution in [2.45, 2.75) is 47.5 Å². The molecule has 0 atom stereocenters. The molecule has 0 unspecified atom stereocenters. The zero-order valence-corrected chi connectivity index (χ0v) is 15.5. The third-order valence-corrected chi connectivity index (χ3v) is 7.81. The molecular weight excluding hydrogens is 401 g/mol. The van der Waals surface area contributed by atoms with E-state index in [0.717, 1.165) is 30.3 Å². The van der Waals surface area contributed by atoms with Crippen molar-refractivity contribution in [1.82, 2.24) is 0 Å². The molecular formula is C19H18F5NO2S. The number of halogens is 5. The van der Waals surface area contributed by atoms with Crippen molar-refractivity contribution < 1.29 is 30.4 Å². The van der Waals surface area contributed by atoms with Crippen molar-refractivity contribution in [3.63, 3.8) is 0 Å². The van der Waals surface area contributed by atoms with Crippen LogP contribution in [-0.4, -0.2) is 14.5 Å². The summed E-state index contributed by atoms with van der Waals surface area (Å²) in [7, 11) is -4.33. The Hall–Kier alpha value is -2.00. The summed E-state index contributed by atoms with van der Waals surface area (Å²) in [4.78, 5) is -0.375. The molecule has 1 saturated carbocycles. The summed E-state index contributed by atoms with van der Waals surface area (Å²) in [5.41, 5.74) is 4.55. The van der Waals surface area contributed by atoms with Crippen LogP contribution in [0, 0.1) is 11.6 Å². The molecule has 0 heterocycles. The summed E-state index contributed by atoms with van der Waals surface area (Å²) >= 11 is 0. The lowest BCUT2D eigenvalue weighted by atomic mass is 9.81. The molecule has 1 aliphatic carbocycles.